The number of fused-ring (bicyclic) bond motifs is 1. The lowest BCUT2D eigenvalue weighted by Crippen LogP contribution is -1.95. The van der Waals surface area contributed by atoms with Crippen molar-refractivity contribution < 1.29 is 0 Å². The molecule has 0 amide bonds. The summed E-state index contributed by atoms with van der Waals surface area (Å²) in [7, 11) is 0. The van der Waals surface area contributed by atoms with Crippen LogP contribution in [-0.4, -0.2) is 0 Å². The second-order valence-electron chi connectivity index (χ2n) is 4.20. The van der Waals surface area contributed by atoms with Crippen molar-refractivity contribution in [1.82, 2.24) is 0 Å². The van der Waals surface area contributed by atoms with Crippen LogP contribution in [0.1, 0.15) is 24.0 Å². The van der Waals surface area contributed by atoms with Crippen LogP contribution in [0.15, 0.2) is 53.6 Å². The molecule has 0 heterocycles. The minimum atomic E-state index is 1.09. The van der Waals surface area contributed by atoms with E-state index in [2.05, 4.69) is 48.6 Å². The first-order chi connectivity index (χ1) is 7.43. The van der Waals surface area contributed by atoms with Gasteiger partial charge in [0, 0.05) is 0 Å². The van der Waals surface area contributed by atoms with E-state index in [0.717, 1.165) is 6.42 Å². The number of hydrogen-bond donors (Lipinski definition) is 0. The molecule has 3 rings (SSSR count). The zero-order valence-electron chi connectivity index (χ0n) is 8.74. The Morgan fingerprint density at radius 3 is 2.80 bits per heavy atom. The van der Waals surface area contributed by atoms with Crippen LogP contribution < -0.4 is 0 Å². The van der Waals surface area contributed by atoms with Crippen LogP contribution in [0.5, 0.6) is 0 Å². The summed E-state index contributed by atoms with van der Waals surface area (Å²) in [6.07, 6.45) is 12.6. The number of benzene rings is 1. The minimum Gasteiger partial charge on any atom is -0.0839 e. The zero-order valence-corrected chi connectivity index (χ0v) is 8.74. The molecule has 0 bridgehead atoms. The lowest BCUT2D eigenvalue weighted by atomic mass is 9.94. The summed E-state index contributed by atoms with van der Waals surface area (Å²) in [6.45, 7) is 0. The van der Waals surface area contributed by atoms with Crippen molar-refractivity contribution in [2.45, 2.75) is 19.3 Å². The predicted octanol–water partition coefficient (Wildman–Crippen LogP) is 3.90. The van der Waals surface area contributed by atoms with Gasteiger partial charge in [-0.05, 0) is 41.5 Å². The molecule has 0 spiro atoms. The summed E-state index contributed by atoms with van der Waals surface area (Å²) in [5, 5.41) is 0. The molecule has 74 valence electrons. The van der Waals surface area contributed by atoms with Crippen molar-refractivity contribution in [3.05, 3.63) is 64.8 Å². The highest BCUT2D eigenvalue weighted by Crippen LogP contribution is 2.28. The van der Waals surface area contributed by atoms with Gasteiger partial charge in [-0.1, -0.05) is 48.6 Å². The molecule has 0 saturated heterocycles. The van der Waals surface area contributed by atoms with E-state index >= 15 is 0 Å². The first-order valence-corrected chi connectivity index (χ1v) is 5.58. The third-order valence-electron chi connectivity index (χ3n) is 3.21. The molecular weight excluding hydrogens is 180 g/mol. The van der Waals surface area contributed by atoms with Crippen LogP contribution in [0.25, 0.3) is 6.08 Å². The van der Waals surface area contributed by atoms with Crippen LogP contribution in [0, 0.1) is 0 Å². The fourth-order valence-corrected chi connectivity index (χ4v) is 2.35. The zero-order chi connectivity index (χ0) is 10.1. The van der Waals surface area contributed by atoms with E-state index in [-0.39, 0.29) is 0 Å². The van der Waals surface area contributed by atoms with Crippen LogP contribution in [-0.2, 0) is 6.42 Å². The SMILES string of the molecule is C1=CC2=C(C=Cc3ccccc3C2)CC1. The number of allylic oxidation sites excluding steroid dienone is 5. The average Bonchev–Trinajstić information content (AvgIpc) is 2.48. The Morgan fingerprint density at radius 1 is 0.867 bits per heavy atom. The lowest BCUT2D eigenvalue weighted by Gasteiger charge is -2.11. The fourth-order valence-electron chi connectivity index (χ4n) is 2.35. The molecule has 2 aliphatic carbocycles. The predicted molar refractivity (Wildman–Crippen MR) is 64.6 cm³/mol. The highest BCUT2D eigenvalue weighted by molar-refractivity contribution is 5.61. The largest absolute Gasteiger partial charge is 0.0839 e. The van der Waals surface area contributed by atoms with Gasteiger partial charge in [-0.3, -0.25) is 0 Å². The first kappa shape index (κ1) is 8.72. The minimum absolute atomic E-state index is 1.09. The molecule has 0 unspecified atom stereocenters. The molecule has 2 aliphatic rings. The highest BCUT2D eigenvalue weighted by atomic mass is 14.2. The maximum Gasteiger partial charge on any atom is -0.00172 e. The normalized spacial score (nSPS) is 18.4. The summed E-state index contributed by atoms with van der Waals surface area (Å²) in [5.41, 5.74) is 5.85. The van der Waals surface area contributed by atoms with Crippen molar-refractivity contribution in [3.63, 3.8) is 0 Å². The van der Waals surface area contributed by atoms with E-state index in [4.69, 9.17) is 0 Å². The quantitative estimate of drug-likeness (QED) is 0.587. The number of hydrogen-bond acceptors (Lipinski definition) is 0. The van der Waals surface area contributed by atoms with Gasteiger partial charge in [-0.2, -0.15) is 0 Å². The second kappa shape index (κ2) is 3.54. The van der Waals surface area contributed by atoms with Crippen molar-refractivity contribution in [2.24, 2.45) is 0 Å². The molecule has 0 aliphatic heterocycles. The molecule has 0 radical (unpaired) electrons. The smallest absolute Gasteiger partial charge is 0.00172 e. The second-order valence-corrected chi connectivity index (χ2v) is 4.20. The maximum absolute atomic E-state index is 2.30. The molecule has 1 aromatic carbocycles. The van der Waals surface area contributed by atoms with Crippen molar-refractivity contribution in [1.29, 1.82) is 0 Å². The summed E-state index contributed by atoms with van der Waals surface area (Å²) in [4.78, 5) is 0. The lowest BCUT2D eigenvalue weighted by molar-refractivity contribution is 0.953. The van der Waals surface area contributed by atoms with Crippen molar-refractivity contribution in [3.8, 4) is 0 Å². The summed E-state index contributed by atoms with van der Waals surface area (Å²) in [5.74, 6) is 0. The first-order valence-electron chi connectivity index (χ1n) is 5.58. The Morgan fingerprint density at radius 2 is 1.80 bits per heavy atom. The molecule has 0 atom stereocenters. The maximum atomic E-state index is 2.30. The third-order valence-corrected chi connectivity index (χ3v) is 3.21. The van der Waals surface area contributed by atoms with Gasteiger partial charge < -0.3 is 0 Å². The van der Waals surface area contributed by atoms with E-state index in [0.29, 0.717) is 0 Å². The highest BCUT2D eigenvalue weighted by Gasteiger charge is 2.11. The van der Waals surface area contributed by atoms with Gasteiger partial charge in [0.05, 0.1) is 0 Å². The topological polar surface area (TPSA) is 0 Å². The Labute approximate surface area is 90.6 Å². The Balaban J connectivity index is 2.09. The molecule has 0 saturated carbocycles. The van der Waals surface area contributed by atoms with E-state index in [1.54, 1.807) is 0 Å². The number of rotatable bonds is 0. The van der Waals surface area contributed by atoms with Gasteiger partial charge in [-0.25, -0.2) is 0 Å². The molecule has 0 aromatic heterocycles. The molecule has 1 aromatic rings. The van der Waals surface area contributed by atoms with Crippen molar-refractivity contribution in [2.75, 3.05) is 0 Å². The van der Waals surface area contributed by atoms with Crippen LogP contribution >= 0.6 is 0 Å². The van der Waals surface area contributed by atoms with Crippen LogP contribution in [0.3, 0.4) is 0 Å². The molecule has 0 nitrogen and oxygen atoms in total. The molecule has 0 heteroatoms. The Hall–Kier alpha value is -1.56. The Kier molecular flexibility index (Phi) is 2.06. The van der Waals surface area contributed by atoms with Crippen LogP contribution in [0.4, 0.5) is 0 Å². The molecular formula is C15H14. The molecule has 0 fully saturated rings. The Bertz CT molecular complexity index is 473. The van der Waals surface area contributed by atoms with Gasteiger partial charge in [-0.15, -0.1) is 0 Å². The summed E-state index contributed by atoms with van der Waals surface area (Å²) >= 11 is 0. The summed E-state index contributed by atoms with van der Waals surface area (Å²) < 4.78 is 0. The van der Waals surface area contributed by atoms with Gasteiger partial charge in [0.2, 0.25) is 0 Å². The van der Waals surface area contributed by atoms with Gasteiger partial charge >= 0.3 is 0 Å². The van der Waals surface area contributed by atoms with Gasteiger partial charge in [0.25, 0.3) is 0 Å². The summed E-state index contributed by atoms with van der Waals surface area (Å²) in [6, 6.07) is 8.68. The molecule has 0 N–H and O–H groups in total. The van der Waals surface area contributed by atoms with Gasteiger partial charge in [0.15, 0.2) is 0 Å². The van der Waals surface area contributed by atoms with E-state index in [1.165, 1.54) is 35.1 Å². The molecule has 15 heavy (non-hydrogen) atoms. The van der Waals surface area contributed by atoms with E-state index in [9.17, 15) is 0 Å². The monoisotopic (exact) mass is 194 g/mol. The van der Waals surface area contributed by atoms with E-state index in [1.807, 2.05) is 0 Å². The third kappa shape index (κ3) is 1.56. The van der Waals surface area contributed by atoms with Gasteiger partial charge in [0.1, 0.15) is 0 Å². The average molecular weight is 194 g/mol. The van der Waals surface area contributed by atoms with Crippen molar-refractivity contribution >= 4 is 6.08 Å². The standard InChI is InChI=1S/C15H14/c1-3-7-14-11-15-8-4-2-6-13(15)10-9-12(14)5-1/h1,3-5,7-10H,2,6,11H2. The van der Waals surface area contributed by atoms with E-state index < -0.39 is 0 Å². The van der Waals surface area contributed by atoms with Crippen LogP contribution in [0.2, 0.25) is 0 Å². The fraction of sp³-hybridized carbons (Fsp3) is 0.200.